The highest BCUT2D eigenvalue weighted by molar-refractivity contribution is 5.17. The van der Waals surface area contributed by atoms with Crippen LogP contribution in [0.15, 0.2) is 42.6 Å². The normalized spacial score (nSPS) is 17.4. The zero-order chi connectivity index (χ0) is 9.80. The third-order valence-electron chi connectivity index (χ3n) is 2.49. The molecule has 0 fully saturated rings. The monoisotopic (exact) mass is 189 g/mol. The second kappa shape index (κ2) is 4.29. The van der Waals surface area contributed by atoms with Gasteiger partial charge in [-0.2, -0.15) is 0 Å². The minimum atomic E-state index is -0.376. The molecule has 1 heterocycles. The highest BCUT2D eigenvalue weighted by Gasteiger charge is 2.12. The Kier molecular flexibility index (Phi) is 2.84. The predicted octanol–water partition coefficient (Wildman–Crippen LogP) is 1.94. The zero-order valence-electron chi connectivity index (χ0n) is 8.13. The van der Waals surface area contributed by atoms with Crippen LogP contribution in [0.5, 0.6) is 0 Å². The predicted molar refractivity (Wildman–Crippen MR) is 56.7 cm³/mol. The molecule has 1 aromatic rings. The quantitative estimate of drug-likeness (QED) is 0.785. The van der Waals surface area contributed by atoms with Crippen LogP contribution in [-0.4, -0.2) is 23.1 Å². The lowest BCUT2D eigenvalue weighted by atomic mass is 10.1. The van der Waals surface area contributed by atoms with Gasteiger partial charge in [0.25, 0.3) is 0 Å². The topological polar surface area (TPSA) is 23.5 Å². The Morgan fingerprint density at radius 2 is 2.07 bits per heavy atom. The van der Waals surface area contributed by atoms with Gasteiger partial charge < -0.3 is 10.0 Å². The number of aliphatic hydroxyl groups is 1. The Bertz CT molecular complexity index is 307. The summed E-state index contributed by atoms with van der Waals surface area (Å²) in [7, 11) is 0. The number of benzene rings is 1. The molecule has 0 amide bonds. The van der Waals surface area contributed by atoms with Crippen molar-refractivity contribution in [3.63, 3.8) is 0 Å². The number of hydrogen-bond acceptors (Lipinski definition) is 2. The molecule has 1 N–H and O–H groups in total. The molecule has 1 aromatic carbocycles. The van der Waals surface area contributed by atoms with E-state index in [1.807, 2.05) is 30.3 Å². The number of aliphatic hydroxyl groups excluding tert-OH is 1. The maximum absolute atomic E-state index is 9.91. The fourth-order valence-corrected chi connectivity index (χ4v) is 1.69. The average molecular weight is 189 g/mol. The van der Waals surface area contributed by atoms with Crippen LogP contribution in [0.4, 0.5) is 0 Å². The summed E-state index contributed by atoms with van der Waals surface area (Å²) in [6.45, 7) is 1.73. The SMILES string of the molecule is OC(CN1C=CCC1)c1ccccc1. The first-order chi connectivity index (χ1) is 6.86. The van der Waals surface area contributed by atoms with Gasteiger partial charge in [0.1, 0.15) is 0 Å². The fourth-order valence-electron chi connectivity index (χ4n) is 1.69. The third kappa shape index (κ3) is 2.15. The fraction of sp³-hybridized carbons (Fsp3) is 0.333. The molecule has 0 radical (unpaired) electrons. The lowest BCUT2D eigenvalue weighted by Crippen LogP contribution is -2.21. The largest absolute Gasteiger partial charge is 0.387 e. The summed E-state index contributed by atoms with van der Waals surface area (Å²) in [5.41, 5.74) is 0.993. The first-order valence-corrected chi connectivity index (χ1v) is 5.00. The van der Waals surface area contributed by atoms with Crippen LogP contribution < -0.4 is 0 Å². The molecule has 14 heavy (non-hydrogen) atoms. The van der Waals surface area contributed by atoms with Crippen molar-refractivity contribution in [3.8, 4) is 0 Å². The van der Waals surface area contributed by atoms with Crippen LogP contribution in [0.25, 0.3) is 0 Å². The minimum Gasteiger partial charge on any atom is -0.387 e. The second-order valence-corrected chi connectivity index (χ2v) is 3.59. The second-order valence-electron chi connectivity index (χ2n) is 3.59. The Morgan fingerprint density at radius 3 is 2.71 bits per heavy atom. The molecule has 2 nitrogen and oxygen atoms in total. The molecule has 1 aliphatic heterocycles. The average Bonchev–Trinajstić information content (AvgIpc) is 2.72. The van der Waals surface area contributed by atoms with Crippen LogP contribution in [0, 0.1) is 0 Å². The van der Waals surface area contributed by atoms with Crippen molar-refractivity contribution in [2.45, 2.75) is 12.5 Å². The minimum absolute atomic E-state index is 0.376. The van der Waals surface area contributed by atoms with Crippen molar-refractivity contribution in [3.05, 3.63) is 48.2 Å². The smallest absolute Gasteiger partial charge is 0.0964 e. The highest BCUT2D eigenvalue weighted by Crippen LogP contribution is 2.15. The standard InChI is InChI=1S/C12H15NO/c14-12(10-13-8-4-5-9-13)11-6-2-1-3-7-11/h1-4,6-8,12,14H,5,9-10H2. The molecular weight excluding hydrogens is 174 g/mol. The molecular formula is C12H15NO. The molecule has 74 valence electrons. The van der Waals surface area contributed by atoms with Crippen molar-refractivity contribution in [2.24, 2.45) is 0 Å². The molecule has 0 aromatic heterocycles. The zero-order valence-corrected chi connectivity index (χ0v) is 8.13. The van der Waals surface area contributed by atoms with E-state index in [-0.39, 0.29) is 6.10 Å². The van der Waals surface area contributed by atoms with Crippen LogP contribution >= 0.6 is 0 Å². The van der Waals surface area contributed by atoms with Crippen molar-refractivity contribution >= 4 is 0 Å². The van der Waals surface area contributed by atoms with E-state index in [2.05, 4.69) is 17.2 Å². The van der Waals surface area contributed by atoms with Crippen molar-refractivity contribution in [1.29, 1.82) is 0 Å². The van der Waals surface area contributed by atoms with Crippen molar-refractivity contribution < 1.29 is 5.11 Å². The Balaban J connectivity index is 1.95. The third-order valence-corrected chi connectivity index (χ3v) is 2.49. The molecule has 0 saturated heterocycles. The van der Waals surface area contributed by atoms with Gasteiger partial charge in [-0.25, -0.2) is 0 Å². The maximum atomic E-state index is 9.91. The first kappa shape index (κ1) is 9.28. The van der Waals surface area contributed by atoms with Gasteiger partial charge in [-0.1, -0.05) is 36.4 Å². The van der Waals surface area contributed by atoms with Gasteiger partial charge in [-0.15, -0.1) is 0 Å². The summed E-state index contributed by atoms with van der Waals surface area (Å²) >= 11 is 0. The van der Waals surface area contributed by atoms with Crippen LogP contribution in [0.1, 0.15) is 18.1 Å². The van der Waals surface area contributed by atoms with E-state index >= 15 is 0 Å². The summed E-state index contributed by atoms with van der Waals surface area (Å²) in [6, 6.07) is 9.80. The Morgan fingerprint density at radius 1 is 1.29 bits per heavy atom. The first-order valence-electron chi connectivity index (χ1n) is 5.00. The van der Waals surface area contributed by atoms with Gasteiger partial charge >= 0.3 is 0 Å². The number of β-amino-alcohol motifs (C(OH)–C–C–N with tert-alkyl or cyclic N) is 1. The molecule has 1 aliphatic rings. The van der Waals surface area contributed by atoms with Gasteiger partial charge in [0.05, 0.1) is 6.10 Å². The number of rotatable bonds is 3. The molecule has 0 bridgehead atoms. The summed E-state index contributed by atoms with van der Waals surface area (Å²) in [5.74, 6) is 0. The van der Waals surface area contributed by atoms with E-state index in [0.29, 0.717) is 6.54 Å². The van der Waals surface area contributed by atoms with E-state index in [0.717, 1.165) is 18.5 Å². The molecule has 2 heteroatoms. The van der Waals surface area contributed by atoms with E-state index < -0.39 is 0 Å². The number of hydrogen-bond donors (Lipinski definition) is 1. The molecule has 0 spiro atoms. The van der Waals surface area contributed by atoms with E-state index in [4.69, 9.17) is 0 Å². The van der Waals surface area contributed by atoms with Gasteiger partial charge in [0.2, 0.25) is 0 Å². The Labute approximate surface area is 84.5 Å². The van der Waals surface area contributed by atoms with Gasteiger partial charge in [-0.05, 0) is 18.2 Å². The molecule has 0 aliphatic carbocycles. The molecule has 2 rings (SSSR count). The molecule has 1 unspecified atom stereocenters. The van der Waals surface area contributed by atoms with Crippen LogP contribution in [0.3, 0.4) is 0 Å². The lowest BCUT2D eigenvalue weighted by Gasteiger charge is -2.19. The van der Waals surface area contributed by atoms with Crippen molar-refractivity contribution in [2.75, 3.05) is 13.1 Å². The van der Waals surface area contributed by atoms with Crippen molar-refractivity contribution in [1.82, 2.24) is 4.90 Å². The summed E-state index contributed by atoms with van der Waals surface area (Å²) in [5, 5.41) is 9.91. The Hall–Kier alpha value is -1.28. The van der Waals surface area contributed by atoms with Gasteiger partial charge in [0, 0.05) is 13.1 Å². The van der Waals surface area contributed by atoms with E-state index in [9.17, 15) is 5.11 Å². The highest BCUT2D eigenvalue weighted by atomic mass is 16.3. The molecule has 0 saturated carbocycles. The summed E-state index contributed by atoms with van der Waals surface area (Å²) in [6.07, 6.45) is 4.92. The summed E-state index contributed by atoms with van der Waals surface area (Å²) < 4.78 is 0. The van der Waals surface area contributed by atoms with Gasteiger partial charge in [0.15, 0.2) is 0 Å². The van der Waals surface area contributed by atoms with E-state index in [1.54, 1.807) is 0 Å². The number of nitrogens with zero attached hydrogens (tertiary/aromatic N) is 1. The van der Waals surface area contributed by atoms with Crippen LogP contribution in [0.2, 0.25) is 0 Å². The van der Waals surface area contributed by atoms with Gasteiger partial charge in [-0.3, -0.25) is 0 Å². The van der Waals surface area contributed by atoms with Crippen LogP contribution in [-0.2, 0) is 0 Å². The molecule has 1 atom stereocenters. The summed E-state index contributed by atoms with van der Waals surface area (Å²) in [4.78, 5) is 2.15. The maximum Gasteiger partial charge on any atom is 0.0964 e. The lowest BCUT2D eigenvalue weighted by molar-refractivity contribution is 0.139. The van der Waals surface area contributed by atoms with E-state index in [1.165, 1.54) is 0 Å².